The van der Waals surface area contributed by atoms with Crippen LogP contribution in [0.4, 0.5) is 5.69 Å². The zero-order chi connectivity index (χ0) is 20.0. The van der Waals surface area contributed by atoms with E-state index in [4.69, 9.17) is 4.74 Å². The summed E-state index contributed by atoms with van der Waals surface area (Å²) in [7, 11) is 0. The van der Waals surface area contributed by atoms with Gasteiger partial charge in [0, 0.05) is 12.6 Å². The molecule has 1 aliphatic heterocycles. The molecule has 1 fully saturated rings. The molecule has 0 saturated carbocycles. The average Bonchev–Trinajstić information content (AvgIpc) is 2.74. The van der Waals surface area contributed by atoms with Gasteiger partial charge in [0.25, 0.3) is 5.91 Å². The summed E-state index contributed by atoms with van der Waals surface area (Å²) in [4.78, 5) is 26.3. The second-order valence-electron chi connectivity index (χ2n) is 7.29. The SMILES string of the molecule is CC(=O)O[C@@H]1C(=O)N(c2ccccc2)[C@@H]1c1cccc2cc3ccccc3cc12. The molecule has 142 valence electrons. The van der Waals surface area contributed by atoms with Gasteiger partial charge >= 0.3 is 5.97 Å². The van der Waals surface area contributed by atoms with E-state index in [2.05, 4.69) is 30.3 Å². The van der Waals surface area contributed by atoms with Crippen molar-refractivity contribution in [2.45, 2.75) is 19.1 Å². The Morgan fingerprint density at radius 1 is 0.828 bits per heavy atom. The number of hydrogen-bond acceptors (Lipinski definition) is 3. The lowest BCUT2D eigenvalue weighted by Crippen LogP contribution is -2.60. The predicted molar refractivity (Wildman–Crippen MR) is 114 cm³/mol. The van der Waals surface area contributed by atoms with Crippen LogP contribution in [0.25, 0.3) is 21.5 Å². The maximum Gasteiger partial charge on any atom is 0.303 e. The molecule has 2 atom stereocenters. The second-order valence-corrected chi connectivity index (χ2v) is 7.29. The lowest BCUT2D eigenvalue weighted by Gasteiger charge is -2.46. The number of anilines is 1. The van der Waals surface area contributed by atoms with Gasteiger partial charge in [0.2, 0.25) is 6.10 Å². The minimum absolute atomic E-state index is 0.200. The van der Waals surface area contributed by atoms with Crippen molar-refractivity contribution in [2.24, 2.45) is 0 Å². The molecule has 5 rings (SSSR count). The van der Waals surface area contributed by atoms with E-state index < -0.39 is 12.1 Å². The van der Waals surface area contributed by atoms with Crippen LogP contribution in [-0.2, 0) is 14.3 Å². The van der Waals surface area contributed by atoms with Crippen molar-refractivity contribution in [2.75, 3.05) is 4.90 Å². The van der Waals surface area contributed by atoms with Crippen LogP contribution in [0.5, 0.6) is 0 Å². The monoisotopic (exact) mass is 381 g/mol. The molecule has 4 aromatic carbocycles. The number of carbonyl (C=O) groups is 2. The quantitative estimate of drug-likeness (QED) is 0.285. The van der Waals surface area contributed by atoms with Crippen LogP contribution in [0, 0.1) is 0 Å². The van der Waals surface area contributed by atoms with Gasteiger partial charge in [-0.05, 0) is 51.4 Å². The first-order chi connectivity index (χ1) is 14.1. The third-order valence-electron chi connectivity index (χ3n) is 5.47. The van der Waals surface area contributed by atoms with Crippen LogP contribution < -0.4 is 4.90 Å². The molecule has 0 aromatic heterocycles. The lowest BCUT2D eigenvalue weighted by atomic mass is 9.86. The molecular weight excluding hydrogens is 362 g/mol. The number of nitrogens with zero attached hydrogens (tertiary/aromatic N) is 1. The summed E-state index contributed by atoms with van der Waals surface area (Å²) in [5.41, 5.74) is 1.77. The van der Waals surface area contributed by atoms with E-state index in [1.807, 2.05) is 54.6 Å². The van der Waals surface area contributed by atoms with Gasteiger partial charge in [-0.3, -0.25) is 14.5 Å². The Labute approximate surface area is 168 Å². The number of β-lactam (4-membered cyclic amide) rings is 1. The number of fused-ring (bicyclic) bond motifs is 2. The first-order valence-electron chi connectivity index (χ1n) is 9.60. The van der Waals surface area contributed by atoms with Crippen molar-refractivity contribution in [3.05, 3.63) is 90.5 Å². The summed E-state index contributed by atoms with van der Waals surface area (Å²) in [5.74, 6) is -0.652. The molecule has 0 spiro atoms. The smallest absolute Gasteiger partial charge is 0.303 e. The molecule has 4 heteroatoms. The van der Waals surface area contributed by atoms with Crippen molar-refractivity contribution in [1.82, 2.24) is 0 Å². The standard InChI is InChI=1S/C25H19NO3/c1-16(27)29-24-23(26(25(24)28)20-11-3-2-4-12-20)21-13-7-10-19-14-17-8-5-6-9-18(17)15-22(19)21/h2-15,23-24H,1H3/t23-,24+/m1/s1. The highest BCUT2D eigenvalue weighted by molar-refractivity contribution is 6.08. The molecule has 4 aromatic rings. The molecule has 1 saturated heterocycles. The van der Waals surface area contributed by atoms with E-state index in [1.54, 1.807) is 4.90 Å². The highest BCUT2D eigenvalue weighted by atomic mass is 16.6. The van der Waals surface area contributed by atoms with Gasteiger partial charge in [-0.25, -0.2) is 0 Å². The number of para-hydroxylation sites is 1. The largest absolute Gasteiger partial charge is 0.450 e. The molecule has 1 amide bonds. The van der Waals surface area contributed by atoms with E-state index in [9.17, 15) is 9.59 Å². The highest BCUT2D eigenvalue weighted by Crippen LogP contribution is 2.43. The molecule has 0 N–H and O–H groups in total. The fraction of sp³-hybridized carbons (Fsp3) is 0.120. The summed E-state index contributed by atoms with van der Waals surface area (Å²) in [6, 6.07) is 27.7. The summed E-state index contributed by atoms with van der Waals surface area (Å²) < 4.78 is 5.42. The number of amides is 1. The van der Waals surface area contributed by atoms with E-state index >= 15 is 0 Å². The predicted octanol–water partition coefficient (Wildman–Crippen LogP) is 5.01. The molecular formula is C25H19NO3. The fourth-order valence-corrected chi connectivity index (χ4v) is 4.18. The average molecular weight is 381 g/mol. The number of rotatable bonds is 3. The van der Waals surface area contributed by atoms with Crippen molar-refractivity contribution in [3.8, 4) is 0 Å². The van der Waals surface area contributed by atoms with Crippen molar-refractivity contribution in [3.63, 3.8) is 0 Å². The van der Waals surface area contributed by atoms with E-state index in [0.29, 0.717) is 0 Å². The zero-order valence-corrected chi connectivity index (χ0v) is 15.9. The Bertz CT molecular complexity index is 1250. The summed E-state index contributed by atoms with van der Waals surface area (Å²) in [6.07, 6.45) is -0.815. The minimum atomic E-state index is -0.815. The maximum atomic E-state index is 12.9. The minimum Gasteiger partial charge on any atom is -0.450 e. The first-order valence-corrected chi connectivity index (χ1v) is 9.60. The Morgan fingerprint density at radius 2 is 1.48 bits per heavy atom. The Kier molecular flexibility index (Phi) is 4.06. The van der Waals surface area contributed by atoms with E-state index in [0.717, 1.165) is 27.4 Å². The third kappa shape index (κ3) is 2.85. The van der Waals surface area contributed by atoms with E-state index in [-0.39, 0.29) is 11.9 Å². The van der Waals surface area contributed by atoms with Gasteiger partial charge in [0.1, 0.15) is 6.04 Å². The summed E-state index contributed by atoms with van der Waals surface area (Å²) in [6.45, 7) is 1.34. The van der Waals surface area contributed by atoms with Gasteiger partial charge in [-0.1, -0.05) is 60.7 Å². The van der Waals surface area contributed by atoms with Gasteiger partial charge < -0.3 is 4.74 Å². The molecule has 0 aliphatic carbocycles. The zero-order valence-electron chi connectivity index (χ0n) is 15.9. The third-order valence-corrected chi connectivity index (χ3v) is 5.47. The molecule has 4 nitrogen and oxygen atoms in total. The maximum absolute atomic E-state index is 12.9. The lowest BCUT2D eigenvalue weighted by molar-refractivity contribution is -0.160. The molecule has 1 aliphatic rings. The molecule has 29 heavy (non-hydrogen) atoms. The topological polar surface area (TPSA) is 46.6 Å². The van der Waals surface area contributed by atoms with Crippen LogP contribution >= 0.6 is 0 Å². The van der Waals surface area contributed by atoms with Crippen molar-refractivity contribution >= 4 is 39.1 Å². The number of esters is 1. The Balaban J connectivity index is 1.69. The van der Waals surface area contributed by atoms with Gasteiger partial charge in [-0.2, -0.15) is 0 Å². The second kappa shape index (κ2) is 6.74. The molecule has 0 unspecified atom stereocenters. The van der Waals surface area contributed by atoms with E-state index in [1.165, 1.54) is 12.3 Å². The van der Waals surface area contributed by atoms with Crippen LogP contribution in [0.3, 0.4) is 0 Å². The van der Waals surface area contributed by atoms with Gasteiger partial charge in [0.15, 0.2) is 0 Å². The van der Waals surface area contributed by atoms with Crippen molar-refractivity contribution < 1.29 is 14.3 Å². The van der Waals surface area contributed by atoms with Crippen LogP contribution in [0.1, 0.15) is 18.5 Å². The van der Waals surface area contributed by atoms with Crippen LogP contribution in [-0.4, -0.2) is 18.0 Å². The number of hydrogen-bond donors (Lipinski definition) is 0. The van der Waals surface area contributed by atoms with Gasteiger partial charge in [-0.15, -0.1) is 0 Å². The first kappa shape index (κ1) is 17.4. The normalized spacial score (nSPS) is 18.7. The Morgan fingerprint density at radius 3 is 2.21 bits per heavy atom. The molecule has 1 heterocycles. The van der Waals surface area contributed by atoms with Crippen molar-refractivity contribution in [1.29, 1.82) is 0 Å². The summed E-state index contributed by atoms with van der Waals surface area (Å²) >= 11 is 0. The molecule has 0 radical (unpaired) electrons. The van der Waals surface area contributed by atoms with Gasteiger partial charge in [0.05, 0.1) is 0 Å². The number of carbonyl (C=O) groups excluding carboxylic acids is 2. The fourth-order valence-electron chi connectivity index (χ4n) is 4.18. The van der Waals surface area contributed by atoms with Crippen LogP contribution in [0.2, 0.25) is 0 Å². The molecule has 0 bridgehead atoms. The van der Waals surface area contributed by atoms with Crippen LogP contribution in [0.15, 0.2) is 84.9 Å². The highest BCUT2D eigenvalue weighted by Gasteiger charge is 2.51. The summed E-state index contributed by atoms with van der Waals surface area (Å²) in [5, 5.41) is 4.45. The number of benzene rings is 4. The Hall–Kier alpha value is -3.66. The number of ether oxygens (including phenoxy) is 1.